The fourth-order valence-electron chi connectivity index (χ4n) is 2.62. The van der Waals surface area contributed by atoms with Crippen molar-refractivity contribution in [3.05, 3.63) is 34.1 Å². The van der Waals surface area contributed by atoms with E-state index in [9.17, 15) is 9.18 Å². The number of hydrogen-bond donors (Lipinski definition) is 2. The van der Waals surface area contributed by atoms with Gasteiger partial charge in [0.05, 0.1) is 10.4 Å². The van der Waals surface area contributed by atoms with Crippen molar-refractivity contribution in [3.63, 3.8) is 0 Å². The summed E-state index contributed by atoms with van der Waals surface area (Å²) in [6.07, 6.45) is 0. The lowest BCUT2D eigenvalue weighted by Crippen LogP contribution is -2.25. The average Bonchev–Trinajstić information content (AvgIpc) is 2.85. The van der Waals surface area contributed by atoms with Crippen LogP contribution in [-0.2, 0) is 4.79 Å². The Hall–Kier alpha value is -1.43. The highest BCUT2D eigenvalue weighted by atomic mass is 79.9. The Kier molecular flexibility index (Phi) is 3.38. The molecule has 4 nitrogen and oxygen atoms in total. The SMILES string of the molecule is CC1(C)[C@H](C(=O)N=C(N)N)[C@H]1c1ccc(F)c(Br)c1. The molecule has 2 rings (SSSR count). The maximum absolute atomic E-state index is 13.2. The summed E-state index contributed by atoms with van der Waals surface area (Å²) in [5.41, 5.74) is 11.1. The summed E-state index contributed by atoms with van der Waals surface area (Å²) >= 11 is 3.15. The van der Waals surface area contributed by atoms with Crippen LogP contribution in [0.4, 0.5) is 4.39 Å². The van der Waals surface area contributed by atoms with E-state index in [1.807, 2.05) is 13.8 Å². The van der Waals surface area contributed by atoms with Crippen molar-refractivity contribution in [1.82, 2.24) is 0 Å². The predicted octanol–water partition coefficient (Wildman–Crippen LogP) is 2.13. The van der Waals surface area contributed by atoms with E-state index < -0.39 is 0 Å². The number of guanidine groups is 1. The van der Waals surface area contributed by atoms with Crippen LogP contribution in [-0.4, -0.2) is 11.9 Å². The molecule has 0 saturated heterocycles. The lowest BCUT2D eigenvalue weighted by Gasteiger charge is -2.03. The highest BCUT2D eigenvalue weighted by Crippen LogP contribution is 2.65. The van der Waals surface area contributed by atoms with Gasteiger partial charge in [-0.3, -0.25) is 4.79 Å². The molecule has 0 bridgehead atoms. The van der Waals surface area contributed by atoms with Gasteiger partial charge in [0.2, 0.25) is 0 Å². The van der Waals surface area contributed by atoms with Crippen LogP contribution in [0.3, 0.4) is 0 Å². The lowest BCUT2D eigenvalue weighted by atomic mass is 10.0. The molecule has 1 fully saturated rings. The van der Waals surface area contributed by atoms with Gasteiger partial charge in [0.25, 0.3) is 5.91 Å². The predicted molar refractivity (Wildman–Crippen MR) is 74.9 cm³/mol. The zero-order chi connectivity index (χ0) is 14.4. The number of nitrogens with two attached hydrogens (primary N) is 2. The number of amides is 1. The quantitative estimate of drug-likeness (QED) is 0.644. The second-order valence-electron chi connectivity index (χ2n) is 5.33. The van der Waals surface area contributed by atoms with E-state index in [2.05, 4.69) is 20.9 Å². The number of aliphatic imine (C=N–C) groups is 1. The maximum Gasteiger partial charge on any atom is 0.253 e. The van der Waals surface area contributed by atoms with Crippen LogP contribution in [0.5, 0.6) is 0 Å². The van der Waals surface area contributed by atoms with Crippen LogP contribution >= 0.6 is 15.9 Å². The number of carbonyl (C=O) groups is 1. The Morgan fingerprint density at radius 2 is 2.05 bits per heavy atom. The van der Waals surface area contributed by atoms with Crippen molar-refractivity contribution in [2.24, 2.45) is 27.8 Å². The van der Waals surface area contributed by atoms with Crippen LogP contribution < -0.4 is 11.5 Å². The Morgan fingerprint density at radius 1 is 1.42 bits per heavy atom. The van der Waals surface area contributed by atoms with Crippen molar-refractivity contribution in [1.29, 1.82) is 0 Å². The molecule has 1 aliphatic carbocycles. The zero-order valence-electron chi connectivity index (χ0n) is 10.7. The fourth-order valence-corrected chi connectivity index (χ4v) is 3.02. The summed E-state index contributed by atoms with van der Waals surface area (Å²) in [6.45, 7) is 3.94. The highest BCUT2D eigenvalue weighted by Gasteiger charge is 2.62. The molecule has 1 amide bonds. The molecule has 1 aromatic rings. The van der Waals surface area contributed by atoms with Crippen molar-refractivity contribution in [2.75, 3.05) is 0 Å². The number of rotatable bonds is 2. The largest absolute Gasteiger partial charge is 0.370 e. The molecule has 1 aromatic carbocycles. The fraction of sp³-hybridized carbons (Fsp3) is 0.385. The van der Waals surface area contributed by atoms with E-state index in [0.29, 0.717) is 4.47 Å². The zero-order valence-corrected chi connectivity index (χ0v) is 12.2. The van der Waals surface area contributed by atoms with Crippen molar-refractivity contribution in [2.45, 2.75) is 19.8 Å². The molecule has 0 radical (unpaired) electrons. The first-order valence-electron chi connectivity index (χ1n) is 5.83. The minimum absolute atomic E-state index is 0. The molecular formula is C13H15BrFN3O. The standard InChI is InChI=1S/C13H15BrFN3O/c1-13(2)9(10(13)11(19)18-12(16)17)6-3-4-8(15)7(14)5-6/h3-5,9-10H,1-2H3,(H4,16,17,18,19)/t9-,10+/m1/s1. The lowest BCUT2D eigenvalue weighted by molar-refractivity contribution is -0.119. The number of benzene rings is 1. The van der Waals surface area contributed by atoms with Gasteiger partial charge in [0, 0.05) is 5.92 Å². The molecule has 4 N–H and O–H groups in total. The highest BCUT2D eigenvalue weighted by molar-refractivity contribution is 9.10. The van der Waals surface area contributed by atoms with Gasteiger partial charge in [-0.25, -0.2) is 4.39 Å². The normalized spacial score (nSPS) is 23.8. The van der Waals surface area contributed by atoms with E-state index in [1.165, 1.54) is 6.07 Å². The molecule has 2 atom stereocenters. The van der Waals surface area contributed by atoms with Crippen LogP contribution in [0.2, 0.25) is 0 Å². The molecule has 19 heavy (non-hydrogen) atoms. The summed E-state index contributed by atoms with van der Waals surface area (Å²) in [5.74, 6) is -1.15. The summed E-state index contributed by atoms with van der Waals surface area (Å²) in [6, 6.07) is 4.77. The molecular weight excluding hydrogens is 313 g/mol. The molecule has 102 valence electrons. The van der Waals surface area contributed by atoms with Gasteiger partial charge in [-0.2, -0.15) is 4.99 Å². The second-order valence-corrected chi connectivity index (χ2v) is 6.18. The average molecular weight is 328 g/mol. The Morgan fingerprint density at radius 3 is 2.58 bits per heavy atom. The van der Waals surface area contributed by atoms with Gasteiger partial charge in [0.1, 0.15) is 5.82 Å². The number of carbonyl (C=O) groups excluding carboxylic acids is 1. The van der Waals surface area contributed by atoms with Gasteiger partial charge in [-0.1, -0.05) is 19.9 Å². The molecule has 0 aliphatic heterocycles. The topological polar surface area (TPSA) is 81.5 Å². The first-order valence-corrected chi connectivity index (χ1v) is 6.63. The van der Waals surface area contributed by atoms with Crippen molar-refractivity contribution in [3.8, 4) is 0 Å². The van der Waals surface area contributed by atoms with E-state index in [0.717, 1.165) is 5.56 Å². The summed E-state index contributed by atoms with van der Waals surface area (Å²) in [4.78, 5) is 15.5. The van der Waals surface area contributed by atoms with Gasteiger partial charge in [-0.15, -0.1) is 0 Å². The third kappa shape index (κ3) is 2.49. The molecule has 0 spiro atoms. The van der Waals surface area contributed by atoms with Crippen LogP contribution in [0.1, 0.15) is 25.3 Å². The van der Waals surface area contributed by atoms with Gasteiger partial charge in [0.15, 0.2) is 5.96 Å². The Balaban J connectivity index is 2.29. The first kappa shape index (κ1) is 14.0. The summed E-state index contributed by atoms with van der Waals surface area (Å²) in [7, 11) is 0. The first-order chi connectivity index (χ1) is 8.75. The molecule has 0 aromatic heterocycles. The minimum atomic E-state index is -0.325. The van der Waals surface area contributed by atoms with E-state index >= 15 is 0 Å². The number of nitrogens with zero attached hydrogens (tertiary/aromatic N) is 1. The maximum atomic E-state index is 13.2. The van der Waals surface area contributed by atoms with E-state index in [1.54, 1.807) is 12.1 Å². The Bertz CT molecular complexity index is 567. The molecule has 6 heteroatoms. The summed E-state index contributed by atoms with van der Waals surface area (Å²) < 4.78 is 13.6. The minimum Gasteiger partial charge on any atom is -0.370 e. The van der Waals surface area contributed by atoms with Crippen LogP contribution in [0.25, 0.3) is 0 Å². The molecule has 0 unspecified atom stereocenters. The van der Waals surface area contributed by atoms with Gasteiger partial charge >= 0.3 is 0 Å². The van der Waals surface area contributed by atoms with Crippen LogP contribution in [0.15, 0.2) is 27.7 Å². The van der Waals surface area contributed by atoms with Crippen molar-refractivity contribution < 1.29 is 9.18 Å². The molecule has 0 heterocycles. The summed E-state index contributed by atoms with van der Waals surface area (Å²) in [5, 5.41) is 0. The smallest absolute Gasteiger partial charge is 0.253 e. The number of hydrogen-bond acceptors (Lipinski definition) is 1. The van der Waals surface area contributed by atoms with E-state index in [4.69, 9.17) is 11.5 Å². The second kappa shape index (κ2) is 4.59. The van der Waals surface area contributed by atoms with E-state index in [-0.39, 0.29) is 34.9 Å². The molecule has 1 saturated carbocycles. The monoisotopic (exact) mass is 327 g/mol. The van der Waals surface area contributed by atoms with Crippen molar-refractivity contribution >= 4 is 27.8 Å². The van der Waals surface area contributed by atoms with Crippen LogP contribution in [0, 0.1) is 17.2 Å². The van der Waals surface area contributed by atoms with Gasteiger partial charge in [-0.05, 0) is 39.0 Å². The Labute approximate surface area is 119 Å². The third-order valence-corrected chi connectivity index (χ3v) is 4.24. The third-order valence-electron chi connectivity index (χ3n) is 3.64. The molecule has 1 aliphatic rings. The van der Waals surface area contributed by atoms with Gasteiger partial charge < -0.3 is 11.5 Å². The number of halogens is 2.